The third-order valence-corrected chi connectivity index (χ3v) is 3.45. The van der Waals surface area contributed by atoms with Crippen LogP contribution >= 0.6 is 15.9 Å². The molecule has 0 aliphatic carbocycles. The number of halogens is 1. The van der Waals surface area contributed by atoms with Crippen molar-refractivity contribution in [3.05, 3.63) is 57.6 Å². The highest BCUT2D eigenvalue weighted by molar-refractivity contribution is 9.10. The van der Waals surface area contributed by atoms with Crippen molar-refractivity contribution in [2.75, 3.05) is 7.11 Å². The van der Waals surface area contributed by atoms with Gasteiger partial charge in [-0.3, -0.25) is 4.79 Å². The summed E-state index contributed by atoms with van der Waals surface area (Å²) in [5, 5.41) is 0. The van der Waals surface area contributed by atoms with Gasteiger partial charge in [0.1, 0.15) is 24.4 Å². The molecule has 0 unspecified atom stereocenters. The van der Waals surface area contributed by atoms with Crippen LogP contribution in [0.25, 0.3) is 0 Å². The number of benzene rings is 2. The van der Waals surface area contributed by atoms with E-state index in [1.54, 1.807) is 25.3 Å². The van der Waals surface area contributed by atoms with E-state index in [1.165, 1.54) is 0 Å². The molecule has 2 aromatic carbocycles. The smallest absolute Gasteiger partial charge is 0.150 e. The van der Waals surface area contributed by atoms with E-state index in [4.69, 9.17) is 9.47 Å². The number of hydrogen-bond donors (Lipinski definition) is 0. The third-order valence-electron chi connectivity index (χ3n) is 2.96. The number of carbonyl (C=O) groups is 1. The van der Waals surface area contributed by atoms with Gasteiger partial charge in [-0.2, -0.15) is 0 Å². The Hall–Kier alpha value is -1.81. The van der Waals surface area contributed by atoms with Gasteiger partial charge in [-0.25, -0.2) is 0 Å². The zero-order valence-corrected chi connectivity index (χ0v) is 12.9. The number of hydrogen-bond acceptors (Lipinski definition) is 3. The maximum Gasteiger partial charge on any atom is 0.150 e. The molecule has 2 aromatic rings. The zero-order valence-electron chi connectivity index (χ0n) is 11.4. The molecule has 2 rings (SSSR count). The molecule has 0 aromatic heterocycles. The lowest BCUT2D eigenvalue weighted by Gasteiger charge is -2.12. The van der Waals surface area contributed by atoms with Crippen LogP contribution in [0.2, 0.25) is 0 Å². The second-order valence-electron chi connectivity index (χ2n) is 4.39. The first-order valence-corrected chi connectivity index (χ1v) is 6.94. The Morgan fingerprint density at radius 3 is 2.55 bits per heavy atom. The van der Waals surface area contributed by atoms with E-state index < -0.39 is 0 Å². The maximum atomic E-state index is 10.8. The standard InChI is InChI=1S/C16H15BrO3/c1-11-7-14(17)4-6-15(11)20-10-13-8-12(9-18)3-5-16(13)19-2/h3-9H,10H2,1-2H3. The van der Waals surface area contributed by atoms with Crippen molar-refractivity contribution in [2.45, 2.75) is 13.5 Å². The summed E-state index contributed by atoms with van der Waals surface area (Å²) in [7, 11) is 1.60. The molecule has 0 aliphatic rings. The zero-order chi connectivity index (χ0) is 14.5. The monoisotopic (exact) mass is 334 g/mol. The van der Waals surface area contributed by atoms with E-state index >= 15 is 0 Å². The number of carbonyl (C=O) groups excluding carboxylic acids is 1. The highest BCUT2D eigenvalue weighted by Crippen LogP contribution is 2.25. The first-order valence-electron chi connectivity index (χ1n) is 6.15. The quantitative estimate of drug-likeness (QED) is 0.770. The number of aldehydes is 1. The molecule has 20 heavy (non-hydrogen) atoms. The van der Waals surface area contributed by atoms with Crippen LogP contribution in [0.1, 0.15) is 21.5 Å². The Bertz CT molecular complexity index is 623. The fourth-order valence-electron chi connectivity index (χ4n) is 1.91. The van der Waals surface area contributed by atoms with Gasteiger partial charge >= 0.3 is 0 Å². The molecule has 0 fully saturated rings. The lowest BCUT2D eigenvalue weighted by atomic mass is 10.1. The van der Waals surface area contributed by atoms with E-state index in [0.29, 0.717) is 17.9 Å². The third kappa shape index (κ3) is 3.39. The lowest BCUT2D eigenvalue weighted by Crippen LogP contribution is -2.01. The summed E-state index contributed by atoms with van der Waals surface area (Å²) in [4.78, 5) is 10.8. The first-order chi connectivity index (χ1) is 9.63. The van der Waals surface area contributed by atoms with E-state index in [0.717, 1.165) is 27.6 Å². The molecule has 4 heteroatoms. The van der Waals surface area contributed by atoms with Gasteiger partial charge in [-0.15, -0.1) is 0 Å². The van der Waals surface area contributed by atoms with Crippen LogP contribution in [-0.2, 0) is 6.61 Å². The molecule has 0 saturated carbocycles. The van der Waals surface area contributed by atoms with Crippen LogP contribution in [0.3, 0.4) is 0 Å². The summed E-state index contributed by atoms with van der Waals surface area (Å²) in [6.07, 6.45) is 0.813. The second-order valence-corrected chi connectivity index (χ2v) is 5.30. The van der Waals surface area contributed by atoms with Gasteiger partial charge in [0.2, 0.25) is 0 Å². The number of ether oxygens (including phenoxy) is 2. The number of rotatable bonds is 5. The van der Waals surface area contributed by atoms with E-state index in [9.17, 15) is 4.79 Å². The Balaban J connectivity index is 2.19. The molecule has 0 atom stereocenters. The topological polar surface area (TPSA) is 35.5 Å². The molecular weight excluding hydrogens is 320 g/mol. The van der Waals surface area contributed by atoms with Crippen LogP contribution in [0.5, 0.6) is 11.5 Å². The van der Waals surface area contributed by atoms with Crippen LogP contribution in [0.15, 0.2) is 40.9 Å². The van der Waals surface area contributed by atoms with Crippen LogP contribution in [-0.4, -0.2) is 13.4 Å². The fraction of sp³-hybridized carbons (Fsp3) is 0.188. The van der Waals surface area contributed by atoms with Gasteiger partial charge < -0.3 is 9.47 Å². The summed E-state index contributed by atoms with van der Waals surface area (Å²) in [6, 6.07) is 11.1. The summed E-state index contributed by atoms with van der Waals surface area (Å²) in [5.41, 5.74) is 2.50. The molecular formula is C16H15BrO3. The molecule has 0 N–H and O–H groups in total. The molecule has 0 heterocycles. The van der Waals surface area contributed by atoms with Crippen molar-refractivity contribution in [3.63, 3.8) is 0 Å². The van der Waals surface area contributed by atoms with Gasteiger partial charge in [0.15, 0.2) is 0 Å². The number of methoxy groups -OCH3 is 1. The van der Waals surface area contributed by atoms with E-state index in [1.807, 2.05) is 25.1 Å². The van der Waals surface area contributed by atoms with Crippen LogP contribution < -0.4 is 9.47 Å². The van der Waals surface area contributed by atoms with Crippen molar-refractivity contribution in [1.29, 1.82) is 0 Å². The predicted molar refractivity (Wildman–Crippen MR) is 81.6 cm³/mol. The molecule has 0 aliphatic heterocycles. The highest BCUT2D eigenvalue weighted by Gasteiger charge is 2.07. The van der Waals surface area contributed by atoms with E-state index in [-0.39, 0.29) is 0 Å². The fourth-order valence-corrected chi connectivity index (χ4v) is 2.39. The van der Waals surface area contributed by atoms with Gasteiger partial charge in [-0.05, 0) is 48.9 Å². The minimum absolute atomic E-state index is 0.354. The van der Waals surface area contributed by atoms with Crippen molar-refractivity contribution in [3.8, 4) is 11.5 Å². The van der Waals surface area contributed by atoms with Crippen molar-refractivity contribution >= 4 is 22.2 Å². The van der Waals surface area contributed by atoms with Crippen molar-refractivity contribution < 1.29 is 14.3 Å². The summed E-state index contributed by atoms with van der Waals surface area (Å²) >= 11 is 3.42. The van der Waals surface area contributed by atoms with Crippen LogP contribution in [0, 0.1) is 6.92 Å². The minimum Gasteiger partial charge on any atom is -0.496 e. The second kappa shape index (κ2) is 6.57. The summed E-state index contributed by atoms with van der Waals surface area (Å²) in [5.74, 6) is 1.53. The Kier molecular flexibility index (Phi) is 4.79. The molecule has 0 radical (unpaired) electrons. The van der Waals surface area contributed by atoms with Crippen molar-refractivity contribution in [2.24, 2.45) is 0 Å². The van der Waals surface area contributed by atoms with Gasteiger partial charge in [-0.1, -0.05) is 15.9 Å². The van der Waals surface area contributed by atoms with Gasteiger partial charge in [0, 0.05) is 15.6 Å². The highest BCUT2D eigenvalue weighted by atomic mass is 79.9. The molecule has 0 bridgehead atoms. The molecule has 0 amide bonds. The van der Waals surface area contributed by atoms with Crippen LogP contribution in [0.4, 0.5) is 0 Å². The van der Waals surface area contributed by atoms with Gasteiger partial charge in [0.25, 0.3) is 0 Å². The van der Waals surface area contributed by atoms with E-state index in [2.05, 4.69) is 15.9 Å². The molecule has 0 spiro atoms. The Morgan fingerprint density at radius 2 is 1.90 bits per heavy atom. The average molecular weight is 335 g/mol. The lowest BCUT2D eigenvalue weighted by molar-refractivity contribution is 0.112. The predicted octanol–water partition coefficient (Wildman–Crippen LogP) is 4.16. The molecule has 3 nitrogen and oxygen atoms in total. The summed E-state index contributed by atoms with van der Waals surface area (Å²) in [6.45, 7) is 2.34. The molecule has 0 saturated heterocycles. The molecule has 104 valence electrons. The van der Waals surface area contributed by atoms with Gasteiger partial charge in [0.05, 0.1) is 7.11 Å². The average Bonchev–Trinajstić information content (AvgIpc) is 2.46. The SMILES string of the molecule is COc1ccc(C=O)cc1COc1ccc(Br)cc1C. The maximum absolute atomic E-state index is 10.8. The number of aryl methyl sites for hydroxylation is 1. The minimum atomic E-state index is 0.354. The first kappa shape index (κ1) is 14.6. The largest absolute Gasteiger partial charge is 0.496 e. The Labute approximate surface area is 126 Å². The van der Waals surface area contributed by atoms with Crippen molar-refractivity contribution in [1.82, 2.24) is 0 Å². The Morgan fingerprint density at radius 1 is 1.15 bits per heavy atom. The normalized spacial score (nSPS) is 10.2. The summed E-state index contributed by atoms with van der Waals surface area (Å²) < 4.78 is 12.1.